The number of rotatable bonds is 8. The van der Waals surface area contributed by atoms with Crippen molar-refractivity contribution in [2.24, 2.45) is 5.92 Å². The van der Waals surface area contributed by atoms with E-state index in [0.29, 0.717) is 66.0 Å². The summed E-state index contributed by atoms with van der Waals surface area (Å²) in [5, 5.41) is 5.79. The molecule has 3 N–H and O–H groups in total. The Balaban J connectivity index is 1.15. The molecule has 2 aromatic heterocycles. The maximum absolute atomic E-state index is 14.5. The summed E-state index contributed by atoms with van der Waals surface area (Å²) in [6, 6.07) is 13.1. The second-order valence-corrected chi connectivity index (χ2v) is 17.7. The molecule has 14 nitrogen and oxygen atoms in total. The van der Waals surface area contributed by atoms with Gasteiger partial charge in [-0.3, -0.25) is 23.9 Å². The van der Waals surface area contributed by atoms with Gasteiger partial charge in [-0.25, -0.2) is 13.4 Å². The van der Waals surface area contributed by atoms with Crippen molar-refractivity contribution in [1.29, 1.82) is 0 Å². The summed E-state index contributed by atoms with van der Waals surface area (Å²) >= 11 is 0. The summed E-state index contributed by atoms with van der Waals surface area (Å²) in [7, 11) is -2.32. The lowest BCUT2D eigenvalue weighted by molar-refractivity contribution is -0.142. The molecule has 300 valence electrons. The second-order valence-electron chi connectivity index (χ2n) is 15.8. The van der Waals surface area contributed by atoms with Gasteiger partial charge in [-0.05, 0) is 63.6 Å². The van der Waals surface area contributed by atoms with E-state index in [9.17, 15) is 27.6 Å². The Morgan fingerprint density at radius 2 is 1.82 bits per heavy atom. The number of nitrogens with one attached hydrogen (secondary N) is 3. The third kappa shape index (κ3) is 7.81. The van der Waals surface area contributed by atoms with Crippen molar-refractivity contribution in [2.75, 3.05) is 13.7 Å². The number of aromatic nitrogens is 1. The summed E-state index contributed by atoms with van der Waals surface area (Å²) in [5.41, 5.74) is 2.54. The normalized spacial score (nSPS) is 25.5. The zero-order valence-corrected chi connectivity index (χ0v) is 33.0. The number of amides is 4. The third-order valence-electron chi connectivity index (χ3n) is 11.5. The number of sulfonamides is 1. The first-order valence-electron chi connectivity index (χ1n) is 19.6. The molecule has 8 rings (SSSR count). The van der Waals surface area contributed by atoms with E-state index in [1.807, 2.05) is 49.4 Å². The van der Waals surface area contributed by atoms with Gasteiger partial charge in [-0.1, -0.05) is 54.8 Å². The number of benzene rings is 2. The van der Waals surface area contributed by atoms with Crippen LogP contribution in [-0.4, -0.2) is 84.6 Å². The van der Waals surface area contributed by atoms with Crippen LogP contribution < -0.4 is 24.8 Å². The first kappa shape index (κ1) is 38.4. The van der Waals surface area contributed by atoms with E-state index in [2.05, 4.69) is 15.4 Å². The molecule has 2 aliphatic heterocycles. The minimum Gasteiger partial charge on any atom is -0.497 e. The topological polar surface area (TPSA) is 186 Å². The average molecular weight is 798 g/mol. The van der Waals surface area contributed by atoms with E-state index in [0.717, 1.165) is 29.4 Å². The molecule has 15 heteroatoms. The summed E-state index contributed by atoms with van der Waals surface area (Å²) in [6.45, 7) is 3.34. The van der Waals surface area contributed by atoms with Crippen LogP contribution in [0.4, 0.5) is 0 Å². The Morgan fingerprint density at radius 3 is 2.56 bits per heavy atom. The van der Waals surface area contributed by atoms with Gasteiger partial charge in [0, 0.05) is 30.9 Å². The number of carbonyl (C=O) groups is 4. The largest absolute Gasteiger partial charge is 0.497 e. The van der Waals surface area contributed by atoms with Crippen LogP contribution in [0.1, 0.15) is 70.3 Å². The SMILES string of the molecule is COc1ccc2oc3c(O[C@@H]4C[C@H]5C(=O)N[C@]6(C(=O)NS(=O)(=O)C7CC7)C[C@H]6C=CCCCCC[C@H](NC(C)=O)C(=O)N5C4)cc(-c4ccc(C)cc4)nc3c2c1. The molecule has 1 saturated heterocycles. The fourth-order valence-electron chi connectivity index (χ4n) is 8.04. The van der Waals surface area contributed by atoms with Crippen LogP contribution >= 0.6 is 0 Å². The summed E-state index contributed by atoms with van der Waals surface area (Å²) in [5.74, 6) is -1.66. The number of ether oxygens (including phenoxy) is 2. The van der Waals surface area contributed by atoms with Crippen molar-refractivity contribution in [2.45, 2.75) is 101 Å². The number of nitrogens with zero attached hydrogens (tertiary/aromatic N) is 2. The van der Waals surface area contributed by atoms with Gasteiger partial charge in [-0.2, -0.15) is 0 Å². The van der Waals surface area contributed by atoms with E-state index in [1.54, 1.807) is 25.3 Å². The monoisotopic (exact) mass is 797 g/mol. The van der Waals surface area contributed by atoms with Gasteiger partial charge < -0.3 is 29.4 Å². The predicted octanol–water partition coefficient (Wildman–Crippen LogP) is 4.82. The highest BCUT2D eigenvalue weighted by Gasteiger charge is 2.62. The van der Waals surface area contributed by atoms with Gasteiger partial charge in [0.05, 0.1) is 30.0 Å². The van der Waals surface area contributed by atoms with Crippen molar-refractivity contribution >= 4 is 55.7 Å². The van der Waals surface area contributed by atoms with Crippen LogP contribution in [0.3, 0.4) is 0 Å². The van der Waals surface area contributed by atoms with Gasteiger partial charge in [0.25, 0.3) is 5.91 Å². The Labute approximate surface area is 330 Å². The first-order chi connectivity index (χ1) is 27.3. The lowest BCUT2D eigenvalue weighted by Crippen LogP contribution is -2.58. The Bertz CT molecular complexity index is 2390. The number of pyridine rings is 1. The van der Waals surface area contributed by atoms with Gasteiger partial charge in [0.15, 0.2) is 11.3 Å². The summed E-state index contributed by atoms with van der Waals surface area (Å²) < 4.78 is 46.6. The molecule has 0 unspecified atom stereocenters. The number of aryl methyl sites for hydroxylation is 1. The van der Waals surface area contributed by atoms with E-state index in [1.165, 1.54) is 11.8 Å². The van der Waals surface area contributed by atoms with Gasteiger partial charge in [0.1, 0.15) is 40.6 Å². The van der Waals surface area contributed by atoms with Crippen molar-refractivity contribution in [1.82, 2.24) is 25.2 Å². The van der Waals surface area contributed by atoms with Gasteiger partial charge >= 0.3 is 0 Å². The average Bonchev–Trinajstić information content (AvgIpc) is 4.08. The number of methoxy groups -OCH3 is 1. The number of fused-ring (bicyclic) bond motifs is 5. The Kier molecular flexibility index (Phi) is 10.2. The molecule has 4 heterocycles. The second kappa shape index (κ2) is 15.1. The molecule has 4 amide bonds. The zero-order valence-electron chi connectivity index (χ0n) is 32.2. The van der Waals surface area contributed by atoms with Crippen LogP contribution in [-0.2, 0) is 29.2 Å². The van der Waals surface area contributed by atoms with Crippen LogP contribution in [0.5, 0.6) is 11.5 Å². The predicted molar refractivity (Wildman–Crippen MR) is 212 cm³/mol. The molecular formula is C42H47N5O9S. The number of hydrogen-bond donors (Lipinski definition) is 3. The summed E-state index contributed by atoms with van der Waals surface area (Å²) in [4.78, 5) is 61.5. The minimum atomic E-state index is -3.90. The van der Waals surface area contributed by atoms with Crippen LogP contribution in [0.15, 0.2) is 65.1 Å². The molecule has 2 aliphatic carbocycles. The Hall–Kier alpha value is -5.44. The molecule has 57 heavy (non-hydrogen) atoms. The van der Waals surface area contributed by atoms with Crippen molar-refractivity contribution < 1.29 is 41.5 Å². The molecule has 3 fully saturated rings. The molecule has 4 aromatic rings. The molecular weight excluding hydrogens is 751 g/mol. The third-order valence-corrected chi connectivity index (χ3v) is 13.3. The van der Waals surface area contributed by atoms with Crippen molar-refractivity contribution in [3.8, 4) is 22.8 Å². The van der Waals surface area contributed by atoms with Gasteiger partial charge in [-0.15, -0.1) is 0 Å². The fraction of sp³-hybridized carbons (Fsp3) is 0.452. The standard InChI is InChI=1S/C42H47N5O9S/c1-24-11-13-26(14-12-24)33-21-36(38-37(44-33)31-19-28(54-3)15-18-35(31)56-38)55-29-20-34-39(49)45-42(41(51)46-57(52,53)30-16-17-30)22-27(42)9-7-5-4-6-8-10-32(43-25(2)48)40(50)47(34)23-29/h7,9,11-15,18-19,21,27,29-30,32,34H,4-6,8,10,16-17,20,22-23H2,1-3H3,(H,43,48)(H,45,49)(H,46,51)/t27-,29-,32+,34+,42-/m1/s1. The smallest absolute Gasteiger partial charge is 0.259 e. The quantitative estimate of drug-likeness (QED) is 0.209. The number of carbonyl (C=O) groups excluding carboxylic acids is 4. The van der Waals surface area contributed by atoms with Gasteiger partial charge in [0.2, 0.25) is 27.7 Å². The maximum Gasteiger partial charge on any atom is 0.259 e. The van der Waals surface area contributed by atoms with E-state index < -0.39 is 62.6 Å². The minimum absolute atomic E-state index is 0.0106. The van der Waals surface area contributed by atoms with Crippen LogP contribution in [0, 0.1) is 12.8 Å². The first-order valence-corrected chi connectivity index (χ1v) is 21.2. The summed E-state index contributed by atoms with van der Waals surface area (Å²) in [6.07, 6.45) is 7.65. The molecule has 0 radical (unpaired) electrons. The van der Waals surface area contributed by atoms with Crippen molar-refractivity contribution in [3.63, 3.8) is 0 Å². The van der Waals surface area contributed by atoms with Crippen LogP contribution in [0.2, 0.25) is 0 Å². The maximum atomic E-state index is 14.5. The molecule has 0 bridgehead atoms. The molecule has 2 saturated carbocycles. The highest BCUT2D eigenvalue weighted by atomic mass is 32.2. The lowest BCUT2D eigenvalue weighted by Gasteiger charge is -2.29. The molecule has 4 aliphatic rings. The zero-order chi connectivity index (χ0) is 40.1. The number of hydrogen-bond acceptors (Lipinski definition) is 10. The highest BCUT2D eigenvalue weighted by molar-refractivity contribution is 7.91. The number of furan rings is 1. The highest BCUT2D eigenvalue weighted by Crippen LogP contribution is 2.46. The van der Waals surface area contributed by atoms with E-state index in [-0.39, 0.29) is 25.3 Å². The lowest BCUT2D eigenvalue weighted by atomic mass is 10.0. The fourth-order valence-corrected chi connectivity index (χ4v) is 9.41. The molecule has 0 spiro atoms. The van der Waals surface area contributed by atoms with Crippen molar-refractivity contribution in [3.05, 3.63) is 66.2 Å². The molecule has 5 atom stereocenters. The number of allylic oxidation sites excluding steroid dienone is 1. The molecule has 2 aromatic carbocycles. The van der Waals surface area contributed by atoms with E-state index in [4.69, 9.17) is 18.9 Å². The Morgan fingerprint density at radius 1 is 1.04 bits per heavy atom. The van der Waals surface area contributed by atoms with Crippen LogP contribution in [0.25, 0.3) is 33.3 Å². The van der Waals surface area contributed by atoms with E-state index >= 15 is 0 Å².